The third kappa shape index (κ3) is 5.61. The first-order chi connectivity index (χ1) is 15.2. The SMILES string of the molecule is COC(=O)C1CN(Cc2cc(OCc3ccccc3)c(OCc3ccccc3)cn2)C1. The van der Waals surface area contributed by atoms with Crippen molar-refractivity contribution in [3.05, 3.63) is 89.7 Å². The molecule has 0 unspecified atom stereocenters. The summed E-state index contributed by atoms with van der Waals surface area (Å²) < 4.78 is 16.9. The van der Waals surface area contributed by atoms with Crippen molar-refractivity contribution in [3.63, 3.8) is 0 Å². The van der Waals surface area contributed by atoms with Crippen LogP contribution in [0, 0.1) is 5.92 Å². The van der Waals surface area contributed by atoms with Crippen molar-refractivity contribution in [1.29, 1.82) is 0 Å². The van der Waals surface area contributed by atoms with Gasteiger partial charge in [0.05, 0.1) is 24.9 Å². The van der Waals surface area contributed by atoms with Gasteiger partial charge in [0, 0.05) is 25.7 Å². The van der Waals surface area contributed by atoms with Crippen molar-refractivity contribution in [1.82, 2.24) is 9.88 Å². The Balaban J connectivity index is 1.44. The van der Waals surface area contributed by atoms with Crippen LogP contribution in [0.2, 0.25) is 0 Å². The quantitative estimate of drug-likeness (QED) is 0.492. The van der Waals surface area contributed by atoms with Gasteiger partial charge in [0.15, 0.2) is 11.5 Å². The fourth-order valence-electron chi connectivity index (χ4n) is 3.49. The van der Waals surface area contributed by atoms with Crippen LogP contribution in [0.5, 0.6) is 11.5 Å². The zero-order valence-electron chi connectivity index (χ0n) is 17.6. The number of benzene rings is 2. The molecule has 1 aromatic heterocycles. The molecule has 6 heteroatoms. The van der Waals surface area contributed by atoms with Crippen molar-refractivity contribution in [2.45, 2.75) is 19.8 Å². The molecule has 4 rings (SSSR count). The van der Waals surface area contributed by atoms with E-state index in [4.69, 9.17) is 14.2 Å². The Morgan fingerprint density at radius 1 is 0.935 bits per heavy atom. The van der Waals surface area contributed by atoms with Crippen LogP contribution in [0.25, 0.3) is 0 Å². The summed E-state index contributed by atoms with van der Waals surface area (Å²) in [5, 5.41) is 0. The van der Waals surface area contributed by atoms with Crippen LogP contribution in [-0.4, -0.2) is 36.1 Å². The number of pyridine rings is 1. The number of rotatable bonds is 9. The van der Waals surface area contributed by atoms with Gasteiger partial charge in [0.25, 0.3) is 0 Å². The molecule has 0 aliphatic carbocycles. The number of ether oxygens (including phenoxy) is 3. The summed E-state index contributed by atoms with van der Waals surface area (Å²) in [6.07, 6.45) is 1.72. The monoisotopic (exact) mass is 418 g/mol. The number of hydrogen-bond donors (Lipinski definition) is 0. The maximum Gasteiger partial charge on any atom is 0.311 e. The van der Waals surface area contributed by atoms with E-state index < -0.39 is 0 Å². The molecule has 0 bridgehead atoms. The normalized spacial score (nSPS) is 14.0. The van der Waals surface area contributed by atoms with Gasteiger partial charge in [0.1, 0.15) is 13.2 Å². The number of nitrogens with zero attached hydrogens (tertiary/aromatic N) is 2. The molecule has 1 fully saturated rings. The van der Waals surface area contributed by atoms with Gasteiger partial charge in [-0.15, -0.1) is 0 Å². The van der Waals surface area contributed by atoms with E-state index in [9.17, 15) is 4.79 Å². The first kappa shape index (κ1) is 20.9. The molecule has 1 saturated heterocycles. The molecule has 1 aliphatic rings. The highest BCUT2D eigenvalue weighted by Gasteiger charge is 2.33. The van der Waals surface area contributed by atoms with Gasteiger partial charge in [-0.2, -0.15) is 0 Å². The lowest BCUT2D eigenvalue weighted by Crippen LogP contribution is -2.50. The van der Waals surface area contributed by atoms with Gasteiger partial charge in [-0.25, -0.2) is 0 Å². The van der Waals surface area contributed by atoms with E-state index in [1.165, 1.54) is 7.11 Å². The molecule has 1 aliphatic heterocycles. The van der Waals surface area contributed by atoms with Gasteiger partial charge < -0.3 is 14.2 Å². The van der Waals surface area contributed by atoms with Crippen LogP contribution >= 0.6 is 0 Å². The zero-order chi connectivity index (χ0) is 21.5. The fraction of sp³-hybridized carbons (Fsp3) is 0.280. The van der Waals surface area contributed by atoms with Crippen molar-refractivity contribution in [3.8, 4) is 11.5 Å². The fourth-order valence-corrected chi connectivity index (χ4v) is 3.49. The van der Waals surface area contributed by atoms with Gasteiger partial charge in [-0.3, -0.25) is 14.7 Å². The molecule has 0 spiro atoms. The molecule has 0 amide bonds. The van der Waals surface area contributed by atoms with E-state index in [1.807, 2.05) is 66.7 Å². The van der Waals surface area contributed by atoms with Gasteiger partial charge in [0.2, 0.25) is 0 Å². The third-order valence-electron chi connectivity index (χ3n) is 5.24. The molecule has 3 aromatic rings. The summed E-state index contributed by atoms with van der Waals surface area (Å²) in [6.45, 7) is 2.90. The van der Waals surface area contributed by atoms with Crippen molar-refractivity contribution in [2.75, 3.05) is 20.2 Å². The molecular weight excluding hydrogens is 392 g/mol. The molecule has 31 heavy (non-hydrogen) atoms. The highest BCUT2D eigenvalue weighted by atomic mass is 16.5. The van der Waals surface area contributed by atoms with Crippen LogP contribution in [0.1, 0.15) is 16.8 Å². The topological polar surface area (TPSA) is 60.9 Å². The van der Waals surface area contributed by atoms with E-state index in [0.29, 0.717) is 44.3 Å². The van der Waals surface area contributed by atoms with Crippen LogP contribution in [0.4, 0.5) is 0 Å². The maximum atomic E-state index is 11.6. The van der Waals surface area contributed by atoms with Crippen LogP contribution in [-0.2, 0) is 29.3 Å². The Hall–Kier alpha value is -3.38. The zero-order valence-corrected chi connectivity index (χ0v) is 17.6. The Morgan fingerprint density at radius 3 is 2.10 bits per heavy atom. The minimum atomic E-state index is -0.152. The molecule has 6 nitrogen and oxygen atoms in total. The number of methoxy groups -OCH3 is 1. The number of likely N-dealkylation sites (tertiary alicyclic amines) is 1. The molecule has 0 atom stereocenters. The Bertz CT molecular complexity index is 989. The lowest BCUT2D eigenvalue weighted by molar-refractivity contribution is -0.151. The second-order valence-electron chi connectivity index (χ2n) is 7.59. The highest BCUT2D eigenvalue weighted by molar-refractivity contribution is 5.73. The third-order valence-corrected chi connectivity index (χ3v) is 5.24. The number of carbonyl (C=O) groups excluding carboxylic acids is 1. The molecule has 2 heterocycles. The molecular formula is C25H26N2O4. The van der Waals surface area contributed by atoms with E-state index in [2.05, 4.69) is 9.88 Å². The second kappa shape index (κ2) is 10.1. The lowest BCUT2D eigenvalue weighted by Gasteiger charge is -2.37. The minimum absolute atomic E-state index is 0.0488. The number of hydrogen-bond acceptors (Lipinski definition) is 6. The summed E-state index contributed by atoms with van der Waals surface area (Å²) in [7, 11) is 1.43. The summed E-state index contributed by atoms with van der Waals surface area (Å²) in [4.78, 5) is 18.3. The van der Waals surface area contributed by atoms with Gasteiger partial charge in [-0.05, 0) is 11.1 Å². The maximum absolute atomic E-state index is 11.6. The van der Waals surface area contributed by atoms with E-state index >= 15 is 0 Å². The Kier molecular flexibility index (Phi) is 6.79. The minimum Gasteiger partial charge on any atom is -0.485 e. The van der Waals surface area contributed by atoms with Crippen LogP contribution < -0.4 is 9.47 Å². The van der Waals surface area contributed by atoms with Crippen molar-refractivity contribution < 1.29 is 19.0 Å². The number of carbonyl (C=O) groups is 1. The molecule has 0 radical (unpaired) electrons. The average Bonchev–Trinajstić information content (AvgIpc) is 2.80. The van der Waals surface area contributed by atoms with Crippen LogP contribution in [0.3, 0.4) is 0 Å². The molecule has 2 aromatic carbocycles. The summed E-state index contributed by atoms with van der Waals surface area (Å²) >= 11 is 0. The van der Waals surface area contributed by atoms with E-state index in [-0.39, 0.29) is 11.9 Å². The van der Waals surface area contributed by atoms with Gasteiger partial charge in [-0.1, -0.05) is 60.7 Å². The molecule has 0 saturated carbocycles. The second-order valence-corrected chi connectivity index (χ2v) is 7.59. The Labute approximate surface area is 182 Å². The smallest absolute Gasteiger partial charge is 0.311 e. The Morgan fingerprint density at radius 2 is 1.52 bits per heavy atom. The van der Waals surface area contributed by atoms with E-state index in [1.54, 1.807) is 6.20 Å². The van der Waals surface area contributed by atoms with Crippen molar-refractivity contribution in [2.24, 2.45) is 5.92 Å². The average molecular weight is 418 g/mol. The van der Waals surface area contributed by atoms with Crippen molar-refractivity contribution >= 4 is 5.97 Å². The first-order valence-electron chi connectivity index (χ1n) is 10.3. The number of esters is 1. The largest absolute Gasteiger partial charge is 0.485 e. The highest BCUT2D eigenvalue weighted by Crippen LogP contribution is 2.30. The summed E-state index contributed by atoms with van der Waals surface area (Å²) in [5.74, 6) is 1.07. The van der Waals surface area contributed by atoms with Gasteiger partial charge >= 0.3 is 5.97 Å². The predicted octanol–water partition coefficient (Wildman–Crippen LogP) is 3.84. The standard InChI is InChI=1S/C25H26N2O4/c1-29-25(28)21-14-27(15-21)16-22-12-23(30-17-19-8-4-2-5-9-19)24(13-26-22)31-18-20-10-6-3-7-11-20/h2-13,21H,14-18H2,1H3. The number of aromatic nitrogens is 1. The lowest BCUT2D eigenvalue weighted by atomic mass is 10.0. The molecule has 0 N–H and O–H groups in total. The van der Waals surface area contributed by atoms with E-state index in [0.717, 1.165) is 16.8 Å². The first-order valence-corrected chi connectivity index (χ1v) is 10.3. The summed E-state index contributed by atoms with van der Waals surface area (Å²) in [6, 6.07) is 21.9. The molecule has 160 valence electrons. The predicted molar refractivity (Wildman–Crippen MR) is 117 cm³/mol. The summed E-state index contributed by atoms with van der Waals surface area (Å²) in [5.41, 5.74) is 3.03. The van der Waals surface area contributed by atoms with Crippen LogP contribution in [0.15, 0.2) is 72.9 Å².